The molecule has 27 heavy (non-hydrogen) atoms. The number of piperidine rings is 1. The zero-order chi connectivity index (χ0) is 19.0. The zero-order valence-electron chi connectivity index (χ0n) is 15.9. The van der Waals surface area contributed by atoms with Crippen LogP contribution in [-0.4, -0.2) is 43.6 Å². The number of aromatic nitrogens is 1. The number of hydrogen-bond donors (Lipinski definition) is 1. The molecule has 4 rings (SSSR count). The van der Waals surface area contributed by atoms with Gasteiger partial charge in [-0.05, 0) is 51.1 Å². The van der Waals surface area contributed by atoms with E-state index in [9.17, 15) is 8.42 Å². The van der Waals surface area contributed by atoms with Crippen molar-refractivity contribution >= 4 is 10.0 Å². The first kappa shape index (κ1) is 18.7. The van der Waals surface area contributed by atoms with E-state index < -0.39 is 10.0 Å². The molecule has 2 atom stereocenters. The number of nitrogens with one attached hydrogen (secondary N) is 1. The number of benzene rings is 1. The van der Waals surface area contributed by atoms with Gasteiger partial charge in [0.25, 0.3) is 0 Å². The summed E-state index contributed by atoms with van der Waals surface area (Å²) in [5.41, 5.74) is 1.85. The van der Waals surface area contributed by atoms with Crippen molar-refractivity contribution in [3.05, 3.63) is 47.3 Å². The maximum Gasteiger partial charge on any atom is 0.248 e. The smallest absolute Gasteiger partial charge is 0.248 e. The van der Waals surface area contributed by atoms with E-state index in [0.717, 1.165) is 19.4 Å². The standard InChI is InChI=1S/C20H27N3O3S/c1-14-20(15(2)26-22-14)27(24,25)23-10-8-16(9-11-23)13-21-19-12-18(19)17-6-4-3-5-7-17/h3-7,16,18-19,21H,8-13H2,1-2H3. The fourth-order valence-electron chi connectivity index (χ4n) is 4.13. The third-order valence-corrected chi connectivity index (χ3v) is 7.97. The van der Waals surface area contributed by atoms with Gasteiger partial charge in [0.15, 0.2) is 5.76 Å². The van der Waals surface area contributed by atoms with Crippen molar-refractivity contribution < 1.29 is 12.9 Å². The first-order valence-electron chi connectivity index (χ1n) is 9.68. The molecule has 0 amide bonds. The van der Waals surface area contributed by atoms with Crippen LogP contribution in [0, 0.1) is 19.8 Å². The summed E-state index contributed by atoms with van der Waals surface area (Å²) in [6, 6.07) is 11.2. The van der Waals surface area contributed by atoms with Gasteiger partial charge in [0.05, 0.1) is 0 Å². The van der Waals surface area contributed by atoms with Crippen LogP contribution < -0.4 is 5.32 Å². The molecular weight excluding hydrogens is 362 g/mol. The lowest BCUT2D eigenvalue weighted by molar-refractivity contribution is 0.266. The second-order valence-electron chi connectivity index (χ2n) is 7.77. The Hall–Kier alpha value is -1.70. The number of rotatable bonds is 6. The van der Waals surface area contributed by atoms with Crippen molar-refractivity contribution in [2.45, 2.75) is 50.0 Å². The normalized spacial score (nSPS) is 24.2. The Bertz CT molecular complexity index is 867. The second-order valence-corrected chi connectivity index (χ2v) is 9.64. The van der Waals surface area contributed by atoms with Crippen LogP contribution in [0.1, 0.15) is 42.2 Å². The first-order valence-corrected chi connectivity index (χ1v) is 11.1. The molecule has 1 aliphatic heterocycles. The fourth-order valence-corrected chi connectivity index (χ4v) is 5.89. The van der Waals surface area contributed by atoms with Crippen molar-refractivity contribution in [3.63, 3.8) is 0 Å². The van der Waals surface area contributed by atoms with Gasteiger partial charge in [-0.15, -0.1) is 0 Å². The van der Waals surface area contributed by atoms with Crippen LogP contribution >= 0.6 is 0 Å². The first-order chi connectivity index (χ1) is 13.0. The largest absolute Gasteiger partial charge is 0.360 e. The van der Waals surface area contributed by atoms with Crippen LogP contribution in [0.2, 0.25) is 0 Å². The molecule has 6 nitrogen and oxygen atoms in total. The van der Waals surface area contributed by atoms with Crippen molar-refractivity contribution in [1.82, 2.24) is 14.8 Å². The average Bonchev–Trinajstić information content (AvgIpc) is 3.37. The summed E-state index contributed by atoms with van der Waals surface area (Å²) in [4.78, 5) is 0.239. The van der Waals surface area contributed by atoms with Gasteiger partial charge < -0.3 is 9.84 Å². The Labute approximate surface area is 161 Å². The summed E-state index contributed by atoms with van der Waals surface area (Å²) in [6.45, 7) is 5.42. The highest BCUT2D eigenvalue weighted by molar-refractivity contribution is 7.89. The molecule has 0 radical (unpaired) electrons. The van der Waals surface area contributed by atoms with Crippen LogP contribution in [-0.2, 0) is 10.0 Å². The fraction of sp³-hybridized carbons (Fsp3) is 0.550. The lowest BCUT2D eigenvalue weighted by Gasteiger charge is -2.31. The van der Waals surface area contributed by atoms with E-state index in [0.29, 0.717) is 42.4 Å². The van der Waals surface area contributed by atoms with Gasteiger partial charge in [-0.25, -0.2) is 8.42 Å². The van der Waals surface area contributed by atoms with Gasteiger partial charge in [-0.2, -0.15) is 4.31 Å². The Morgan fingerprint density at radius 2 is 1.89 bits per heavy atom. The molecule has 1 aromatic carbocycles. The maximum absolute atomic E-state index is 12.9. The number of sulfonamides is 1. The SMILES string of the molecule is Cc1noc(C)c1S(=O)(=O)N1CCC(CNC2CC2c2ccccc2)CC1. The van der Waals surface area contributed by atoms with E-state index in [1.54, 1.807) is 18.2 Å². The predicted molar refractivity (Wildman–Crippen MR) is 103 cm³/mol. The third-order valence-electron chi connectivity index (χ3n) is 5.83. The Kier molecular flexibility index (Phi) is 5.09. The molecule has 1 aromatic heterocycles. The Balaban J connectivity index is 1.27. The highest BCUT2D eigenvalue weighted by Gasteiger charge is 2.39. The monoisotopic (exact) mass is 389 g/mol. The van der Waals surface area contributed by atoms with E-state index in [-0.39, 0.29) is 4.90 Å². The quantitative estimate of drug-likeness (QED) is 0.822. The third kappa shape index (κ3) is 3.81. The molecule has 2 heterocycles. The Morgan fingerprint density at radius 1 is 1.19 bits per heavy atom. The molecule has 1 saturated heterocycles. The van der Waals surface area contributed by atoms with Gasteiger partial charge in [-0.1, -0.05) is 35.5 Å². The van der Waals surface area contributed by atoms with Gasteiger partial charge in [-0.3, -0.25) is 0 Å². The van der Waals surface area contributed by atoms with Gasteiger partial charge in [0, 0.05) is 25.0 Å². The summed E-state index contributed by atoms with van der Waals surface area (Å²) in [7, 11) is -3.51. The van der Waals surface area contributed by atoms with E-state index >= 15 is 0 Å². The Morgan fingerprint density at radius 3 is 2.52 bits per heavy atom. The molecule has 0 spiro atoms. The van der Waals surface area contributed by atoms with Crippen molar-refractivity contribution in [2.24, 2.45) is 5.92 Å². The lowest BCUT2D eigenvalue weighted by atomic mass is 9.98. The summed E-state index contributed by atoms with van der Waals surface area (Å²) in [5, 5.41) is 7.47. The van der Waals surface area contributed by atoms with Gasteiger partial charge >= 0.3 is 0 Å². The highest BCUT2D eigenvalue weighted by Crippen LogP contribution is 2.40. The molecule has 2 aromatic rings. The van der Waals surface area contributed by atoms with Crippen molar-refractivity contribution in [3.8, 4) is 0 Å². The molecule has 2 aliphatic rings. The van der Waals surface area contributed by atoms with E-state index in [1.165, 1.54) is 12.0 Å². The topological polar surface area (TPSA) is 75.4 Å². The van der Waals surface area contributed by atoms with Crippen LogP contribution in [0.3, 0.4) is 0 Å². The second kappa shape index (κ2) is 7.37. The summed E-state index contributed by atoms with van der Waals surface area (Å²) >= 11 is 0. The molecule has 0 bridgehead atoms. The number of aryl methyl sites for hydroxylation is 2. The van der Waals surface area contributed by atoms with Crippen LogP contribution in [0.4, 0.5) is 0 Å². The number of hydrogen-bond acceptors (Lipinski definition) is 5. The lowest BCUT2D eigenvalue weighted by Crippen LogP contribution is -2.41. The highest BCUT2D eigenvalue weighted by atomic mass is 32.2. The molecule has 7 heteroatoms. The van der Waals surface area contributed by atoms with E-state index in [2.05, 4.69) is 40.8 Å². The van der Waals surface area contributed by atoms with Crippen LogP contribution in [0.15, 0.2) is 39.8 Å². The van der Waals surface area contributed by atoms with E-state index in [4.69, 9.17) is 4.52 Å². The van der Waals surface area contributed by atoms with Gasteiger partial charge in [0.1, 0.15) is 10.6 Å². The molecule has 2 fully saturated rings. The zero-order valence-corrected chi connectivity index (χ0v) is 16.7. The van der Waals surface area contributed by atoms with Gasteiger partial charge in [0.2, 0.25) is 10.0 Å². The average molecular weight is 390 g/mol. The van der Waals surface area contributed by atoms with Crippen molar-refractivity contribution in [2.75, 3.05) is 19.6 Å². The van der Waals surface area contributed by atoms with Crippen molar-refractivity contribution in [1.29, 1.82) is 0 Å². The van der Waals surface area contributed by atoms with E-state index in [1.807, 2.05) is 0 Å². The minimum absolute atomic E-state index is 0.239. The summed E-state index contributed by atoms with van der Waals surface area (Å²) < 4.78 is 32.4. The molecular formula is C20H27N3O3S. The number of nitrogens with zero attached hydrogens (tertiary/aromatic N) is 2. The molecule has 1 N–H and O–H groups in total. The minimum atomic E-state index is -3.51. The summed E-state index contributed by atoms with van der Waals surface area (Å²) in [5.74, 6) is 1.53. The molecule has 146 valence electrons. The minimum Gasteiger partial charge on any atom is -0.360 e. The van der Waals surface area contributed by atoms with Crippen LogP contribution in [0.25, 0.3) is 0 Å². The molecule has 1 aliphatic carbocycles. The molecule has 1 saturated carbocycles. The summed E-state index contributed by atoms with van der Waals surface area (Å²) in [6.07, 6.45) is 2.97. The predicted octanol–water partition coefficient (Wildman–Crippen LogP) is 2.84. The maximum atomic E-state index is 12.9. The van der Waals surface area contributed by atoms with Crippen LogP contribution in [0.5, 0.6) is 0 Å². The molecule has 2 unspecified atom stereocenters.